The number of nitrogens with one attached hydrogen (secondary N) is 1. The molecule has 1 aromatic carbocycles. The molecule has 6 heteroatoms. The highest BCUT2D eigenvalue weighted by atomic mass is 16.5. The number of likely N-dealkylation sites (tertiary alicyclic amines) is 1. The molecule has 0 radical (unpaired) electrons. The van der Waals surface area contributed by atoms with Crippen molar-refractivity contribution in [2.45, 2.75) is 44.2 Å². The Balaban J connectivity index is 1.69. The van der Waals surface area contributed by atoms with Crippen molar-refractivity contribution in [3.63, 3.8) is 0 Å². The topological polar surface area (TPSA) is 67.9 Å². The molecule has 1 saturated carbocycles. The zero-order valence-electron chi connectivity index (χ0n) is 14.9. The zero-order valence-corrected chi connectivity index (χ0v) is 14.9. The van der Waals surface area contributed by atoms with Gasteiger partial charge in [-0.2, -0.15) is 0 Å². The number of anilines is 1. The number of fused-ring (bicyclic) bond motifs is 1. The first-order valence-corrected chi connectivity index (χ1v) is 8.90. The molecule has 0 spiro atoms. The van der Waals surface area contributed by atoms with Crippen LogP contribution in [-0.2, 0) is 14.3 Å². The monoisotopic (exact) mass is 346 g/mol. The van der Waals surface area contributed by atoms with Gasteiger partial charge in [-0.05, 0) is 37.3 Å². The van der Waals surface area contributed by atoms with E-state index in [-0.39, 0.29) is 24.5 Å². The molecule has 3 rings (SSSR count). The minimum Gasteiger partial charge on any atom is -0.497 e. The van der Waals surface area contributed by atoms with Crippen LogP contribution in [0.5, 0.6) is 5.75 Å². The predicted molar refractivity (Wildman–Crippen MR) is 94.5 cm³/mol. The third-order valence-corrected chi connectivity index (χ3v) is 5.37. The van der Waals surface area contributed by atoms with Gasteiger partial charge in [0.05, 0.1) is 20.8 Å². The van der Waals surface area contributed by atoms with Crippen LogP contribution in [0.15, 0.2) is 24.3 Å². The van der Waals surface area contributed by atoms with Crippen LogP contribution in [-0.4, -0.2) is 49.6 Å². The SMILES string of the molecule is COC(=O)[C@@H]1C[C@@H]2CCCC[C@@H]2N1CC(=O)Nc1cccc(OC)c1. The molecule has 0 bridgehead atoms. The van der Waals surface area contributed by atoms with E-state index in [9.17, 15) is 9.59 Å². The van der Waals surface area contributed by atoms with Crippen LogP contribution in [0.3, 0.4) is 0 Å². The Kier molecular flexibility index (Phi) is 5.58. The lowest BCUT2D eigenvalue weighted by atomic mass is 9.85. The smallest absolute Gasteiger partial charge is 0.323 e. The summed E-state index contributed by atoms with van der Waals surface area (Å²) in [5.74, 6) is 0.832. The molecule has 6 nitrogen and oxygen atoms in total. The number of ether oxygens (including phenoxy) is 2. The van der Waals surface area contributed by atoms with Gasteiger partial charge in [-0.1, -0.05) is 18.9 Å². The fourth-order valence-electron chi connectivity index (χ4n) is 4.22. The average molecular weight is 346 g/mol. The van der Waals surface area contributed by atoms with Gasteiger partial charge in [0.15, 0.2) is 0 Å². The van der Waals surface area contributed by atoms with Crippen molar-refractivity contribution in [3.8, 4) is 5.75 Å². The molecule has 1 heterocycles. The van der Waals surface area contributed by atoms with Gasteiger partial charge in [-0.25, -0.2) is 0 Å². The van der Waals surface area contributed by atoms with E-state index in [4.69, 9.17) is 9.47 Å². The minimum absolute atomic E-state index is 0.117. The third kappa shape index (κ3) is 3.95. The summed E-state index contributed by atoms with van der Waals surface area (Å²) < 4.78 is 10.2. The first kappa shape index (κ1) is 17.7. The van der Waals surface area contributed by atoms with E-state index in [1.807, 2.05) is 23.1 Å². The molecule has 1 aliphatic heterocycles. The predicted octanol–water partition coefficient (Wildman–Crippen LogP) is 2.44. The molecule has 1 amide bonds. The highest BCUT2D eigenvalue weighted by molar-refractivity contribution is 5.93. The van der Waals surface area contributed by atoms with E-state index in [0.717, 1.165) is 25.7 Å². The lowest BCUT2D eigenvalue weighted by Gasteiger charge is -2.32. The molecule has 3 atom stereocenters. The van der Waals surface area contributed by atoms with Crippen molar-refractivity contribution in [2.24, 2.45) is 5.92 Å². The molecule has 1 N–H and O–H groups in total. The number of hydrogen-bond donors (Lipinski definition) is 1. The summed E-state index contributed by atoms with van der Waals surface area (Å²) in [5.41, 5.74) is 0.693. The maximum atomic E-state index is 12.6. The molecule has 1 aromatic rings. The van der Waals surface area contributed by atoms with Gasteiger partial charge in [0.1, 0.15) is 11.8 Å². The summed E-state index contributed by atoms with van der Waals surface area (Å²) in [4.78, 5) is 26.8. The molecule has 25 heavy (non-hydrogen) atoms. The summed E-state index contributed by atoms with van der Waals surface area (Å²) >= 11 is 0. The number of amides is 1. The molecule has 136 valence electrons. The zero-order chi connectivity index (χ0) is 17.8. The minimum atomic E-state index is -0.311. The summed E-state index contributed by atoms with van der Waals surface area (Å²) in [6.07, 6.45) is 5.34. The van der Waals surface area contributed by atoms with Gasteiger partial charge < -0.3 is 14.8 Å². The van der Waals surface area contributed by atoms with Crippen LogP contribution in [0.1, 0.15) is 32.1 Å². The fraction of sp³-hybridized carbons (Fsp3) is 0.579. The number of benzene rings is 1. The Morgan fingerprint density at radius 2 is 2.04 bits per heavy atom. The second kappa shape index (κ2) is 7.87. The molecule has 1 aliphatic carbocycles. The van der Waals surface area contributed by atoms with Gasteiger partial charge >= 0.3 is 5.97 Å². The number of carbonyl (C=O) groups is 2. The maximum absolute atomic E-state index is 12.6. The Bertz CT molecular complexity index is 634. The second-order valence-electron chi connectivity index (χ2n) is 6.84. The van der Waals surface area contributed by atoms with Crippen molar-refractivity contribution in [1.29, 1.82) is 0 Å². The number of carbonyl (C=O) groups excluding carboxylic acids is 2. The van der Waals surface area contributed by atoms with Gasteiger partial charge in [0.2, 0.25) is 5.91 Å². The fourth-order valence-corrected chi connectivity index (χ4v) is 4.22. The van der Waals surface area contributed by atoms with Crippen LogP contribution >= 0.6 is 0 Å². The summed E-state index contributed by atoms with van der Waals surface area (Å²) in [6.45, 7) is 0.206. The van der Waals surface area contributed by atoms with Crippen LogP contribution < -0.4 is 10.1 Å². The quantitative estimate of drug-likeness (QED) is 0.830. The Labute approximate surface area is 148 Å². The van der Waals surface area contributed by atoms with E-state index in [2.05, 4.69) is 5.32 Å². The Morgan fingerprint density at radius 1 is 1.24 bits per heavy atom. The Hall–Kier alpha value is -2.08. The van der Waals surface area contributed by atoms with Gasteiger partial charge in [-0.15, -0.1) is 0 Å². The van der Waals surface area contributed by atoms with Crippen LogP contribution in [0, 0.1) is 5.92 Å². The van der Waals surface area contributed by atoms with Crippen molar-refractivity contribution in [2.75, 3.05) is 26.1 Å². The molecule has 0 unspecified atom stereocenters. The largest absolute Gasteiger partial charge is 0.497 e. The van der Waals surface area contributed by atoms with Gasteiger partial charge in [-0.3, -0.25) is 14.5 Å². The molecule has 2 fully saturated rings. The number of hydrogen-bond acceptors (Lipinski definition) is 5. The summed E-state index contributed by atoms with van der Waals surface area (Å²) in [7, 11) is 3.01. The van der Waals surface area contributed by atoms with Crippen molar-refractivity contribution in [3.05, 3.63) is 24.3 Å². The van der Waals surface area contributed by atoms with Crippen LogP contribution in [0.4, 0.5) is 5.69 Å². The molecule has 1 saturated heterocycles. The van der Waals surface area contributed by atoms with E-state index in [1.54, 1.807) is 13.2 Å². The lowest BCUT2D eigenvalue weighted by molar-refractivity contribution is -0.146. The van der Waals surface area contributed by atoms with Crippen molar-refractivity contribution < 1.29 is 19.1 Å². The van der Waals surface area contributed by atoms with E-state index >= 15 is 0 Å². The average Bonchev–Trinajstić information content (AvgIpc) is 2.99. The first-order valence-electron chi connectivity index (χ1n) is 8.90. The van der Waals surface area contributed by atoms with E-state index in [0.29, 0.717) is 23.4 Å². The number of esters is 1. The normalized spacial score (nSPS) is 25.9. The molecular weight excluding hydrogens is 320 g/mol. The standard InChI is InChI=1S/C19H26N2O4/c1-24-15-8-5-7-14(11-15)20-18(22)12-21-16-9-4-3-6-13(16)10-17(21)19(23)25-2/h5,7-8,11,13,16-17H,3-4,6,9-10,12H2,1-2H3,(H,20,22)/t13-,16-,17-/m0/s1. The molecule has 0 aromatic heterocycles. The van der Waals surface area contributed by atoms with E-state index in [1.165, 1.54) is 13.5 Å². The second-order valence-corrected chi connectivity index (χ2v) is 6.84. The number of methoxy groups -OCH3 is 2. The summed E-state index contributed by atoms with van der Waals surface area (Å²) in [5, 5.41) is 2.90. The van der Waals surface area contributed by atoms with Crippen molar-refractivity contribution in [1.82, 2.24) is 4.90 Å². The van der Waals surface area contributed by atoms with Gasteiger partial charge in [0.25, 0.3) is 0 Å². The molecular formula is C19H26N2O4. The van der Waals surface area contributed by atoms with Gasteiger partial charge in [0, 0.05) is 17.8 Å². The molecule has 2 aliphatic rings. The van der Waals surface area contributed by atoms with Crippen molar-refractivity contribution >= 4 is 17.6 Å². The summed E-state index contributed by atoms with van der Waals surface area (Å²) in [6, 6.07) is 7.26. The maximum Gasteiger partial charge on any atom is 0.323 e. The lowest BCUT2D eigenvalue weighted by Crippen LogP contribution is -2.46. The van der Waals surface area contributed by atoms with Crippen LogP contribution in [0.25, 0.3) is 0 Å². The number of nitrogens with zero attached hydrogens (tertiary/aromatic N) is 1. The van der Waals surface area contributed by atoms with E-state index < -0.39 is 0 Å². The number of rotatable bonds is 5. The highest BCUT2D eigenvalue weighted by Crippen LogP contribution is 2.39. The highest BCUT2D eigenvalue weighted by Gasteiger charge is 2.46. The third-order valence-electron chi connectivity index (χ3n) is 5.37. The first-order chi connectivity index (χ1) is 12.1. The Morgan fingerprint density at radius 3 is 2.80 bits per heavy atom. The van der Waals surface area contributed by atoms with Crippen LogP contribution in [0.2, 0.25) is 0 Å².